The average Bonchev–Trinajstić information content (AvgIpc) is 3.44. The first-order valence-corrected chi connectivity index (χ1v) is 15.8. The van der Waals surface area contributed by atoms with Gasteiger partial charge in [-0.2, -0.15) is 0 Å². The van der Waals surface area contributed by atoms with E-state index in [9.17, 15) is 4.79 Å². The summed E-state index contributed by atoms with van der Waals surface area (Å²) in [7, 11) is 1.65. The Morgan fingerprint density at radius 3 is 2.29 bits per heavy atom. The molecule has 0 atom stereocenters. The minimum absolute atomic E-state index is 0.128. The summed E-state index contributed by atoms with van der Waals surface area (Å²) >= 11 is 0. The number of methoxy groups -OCH3 is 1. The third-order valence-electron chi connectivity index (χ3n) is 8.97. The molecule has 1 saturated carbocycles. The number of aromatic nitrogens is 3. The van der Waals surface area contributed by atoms with E-state index >= 15 is 0 Å². The summed E-state index contributed by atoms with van der Waals surface area (Å²) in [5.41, 5.74) is 3.89. The number of fused-ring (bicyclic) bond motifs is 1. The molecular formula is C34H49N5O2. The van der Waals surface area contributed by atoms with E-state index in [0.717, 1.165) is 80.7 Å². The lowest BCUT2D eigenvalue weighted by Crippen LogP contribution is -2.34. The van der Waals surface area contributed by atoms with Crippen LogP contribution in [0, 0.1) is 11.8 Å². The summed E-state index contributed by atoms with van der Waals surface area (Å²) in [5.74, 6) is 3.01. The van der Waals surface area contributed by atoms with Crippen LogP contribution >= 0.6 is 0 Å². The van der Waals surface area contributed by atoms with E-state index in [2.05, 4.69) is 65.2 Å². The van der Waals surface area contributed by atoms with Crippen molar-refractivity contribution >= 4 is 16.9 Å². The van der Waals surface area contributed by atoms with Crippen LogP contribution in [0.25, 0.3) is 11.0 Å². The molecule has 3 heterocycles. The Morgan fingerprint density at radius 1 is 1.00 bits per heavy atom. The van der Waals surface area contributed by atoms with Crippen LogP contribution < -0.4 is 4.74 Å². The van der Waals surface area contributed by atoms with Gasteiger partial charge in [-0.1, -0.05) is 33.8 Å². The average molecular weight is 560 g/mol. The van der Waals surface area contributed by atoms with Crippen LogP contribution in [0.1, 0.15) is 94.4 Å². The second-order valence-electron chi connectivity index (χ2n) is 13.0. The molecule has 1 amide bonds. The Labute approximate surface area is 246 Å². The van der Waals surface area contributed by atoms with Crippen LogP contribution in [0.4, 0.5) is 0 Å². The zero-order chi connectivity index (χ0) is 29.0. The molecule has 1 aliphatic heterocycles. The topological polar surface area (TPSA) is 63.5 Å². The Hall–Kier alpha value is -2.93. The van der Waals surface area contributed by atoms with Crippen molar-refractivity contribution in [1.82, 2.24) is 24.3 Å². The van der Waals surface area contributed by atoms with Crippen molar-refractivity contribution in [2.24, 2.45) is 11.8 Å². The van der Waals surface area contributed by atoms with Gasteiger partial charge in [-0.3, -0.25) is 4.79 Å². The number of benzene rings is 1. The lowest BCUT2D eigenvalue weighted by Gasteiger charge is -2.25. The van der Waals surface area contributed by atoms with Crippen LogP contribution in [-0.4, -0.2) is 70.1 Å². The minimum atomic E-state index is -0.128. The molecular weight excluding hydrogens is 510 g/mol. The smallest absolute Gasteiger partial charge is 0.253 e. The van der Waals surface area contributed by atoms with E-state index in [1.54, 1.807) is 7.11 Å². The number of hydrogen-bond donors (Lipinski definition) is 0. The molecule has 41 heavy (non-hydrogen) atoms. The molecule has 2 fully saturated rings. The van der Waals surface area contributed by atoms with Gasteiger partial charge in [0.1, 0.15) is 5.82 Å². The maximum Gasteiger partial charge on any atom is 0.253 e. The number of carbonyl (C=O) groups is 1. The first kappa shape index (κ1) is 29.6. The van der Waals surface area contributed by atoms with Crippen molar-refractivity contribution in [1.29, 1.82) is 0 Å². The van der Waals surface area contributed by atoms with Gasteiger partial charge in [0, 0.05) is 37.5 Å². The Balaban J connectivity index is 1.48. The lowest BCUT2D eigenvalue weighted by atomic mass is 9.96. The molecule has 5 rings (SSSR count). The predicted octanol–water partition coefficient (Wildman–Crippen LogP) is 6.54. The number of imidazole rings is 1. The number of carbonyl (C=O) groups excluding carboxylic acids is 1. The number of likely N-dealkylation sites (tertiary alicyclic amines) is 1. The van der Waals surface area contributed by atoms with Crippen LogP contribution in [0.5, 0.6) is 5.88 Å². The number of amides is 1. The van der Waals surface area contributed by atoms with Gasteiger partial charge in [0.05, 0.1) is 23.6 Å². The summed E-state index contributed by atoms with van der Waals surface area (Å²) in [6.07, 6.45) is 9.79. The molecule has 7 heteroatoms. The van der Waals surface area contributed by atoms with E-state index in [1.807, 2.05) is 18.3 Å². The highest BCUT2D eigenvalue weighted by Gasteiger charge is 2.50. The number of ether oxygens (including phenoxy) is 1. The van der Waals surface area contributed by atoms with Crippen LogP contribution in [0.3, 0.4) is 0 Å². The fourth-order valence-electron chi connectivity index (χ4n) is 6.18. The lowest BCUT2D eigenvalue weighted by molar-refractivity contribution is 0.0741. The van der Waals surface area contributed by atoms with Crippen LogP contribution in [0.15, 0.2) is 36.5 Å². The summed E-state index contributed by atoms with van der Waals surface area (Å²) in [4.78, 5) is 28.3. The second kappa shape index (κ2) is 12.9. The first-order valence-electron chi connectivity index (χ1n) is 15.8. The van der Waals surface area contributed by atoms with Gasteiger partial charge in [-0.05, 0) is 100 Å². The SMILES string of the molecule is COc1ccc(C2(c3nc4ccc(C(=O)N(CCC(C)C)CCC(C)C)cc4n3CCCN3CCCC3)CC2)cn1. The predicted molar refractivity (Wildman–Crippen MR) is 166 cm³/mol. The molecule has 1 saturated heterocycles. The number of hydrogen-bond acceptors (Lipinski definition) is 5. The van der Waals surface area contributed by atoms with Crippen LogP contribution in [0.2, 0.25) is 0 Å². The fraction of sp³-hybridized carbons (Fsp3) is 0.618. The summed E-state index contributed by atoms with van der Waals surface area (Å²) in [6, 6.07) is 10.3. The first-order chi connectivity index (χ1) is 19.8. The quantitative estimate of drug-likeness (QED) is 0.224. The number of aryl methyl sites for hydroxylation is 1. The van der Waals surface area contributed by atoms with Gasteiger partial charge in [-0.15, -0.1) is 0 Å². The Bertz CT molecular complexity index is 1290. The molecule has 0 spiro atoms. The van der Waals surface area contributed by atoms with Gasteiger partial charge in [0.2, 0.25) is 5.88 Å². The fourth-order valence-corrected chi connectivity index (χ4v) is 6.18. The second-order valence-corrected chi connectivity index (χ2v) is 13.0. The summed E-state index contributed by atoms with van der Waals surface area (Å²) in [6.45, 7) is 14.9. The molecule has 1 aliphatic carbocycles. The van der Waals surface area contributed by atoms with Gasteiger partial charge >= 0.3 is 0 Å². The largest absolute Gasteiger partial charge is 0.481 e. The van der Waals surface area contributed by atoms with Crippen molar-refractivity contribution < 1.29 is 9.53 Å². The zero-order valence-electron chi connectivity index (χ0n) is 25.9. The van der Waals surface area contributed by atoms with E-state index in [-0.39, 0.29) is 11.3 Å². The highest BCUT2D eigenvalue weighted by atomic mass is 16.5. The maximum absolute atomic E-state index is 13.9. The number of nitrogens with zero attached hydrogens (tertiary/aromatic N) is 5. The normalized spacial score (nSPS) is 16.7. The standard InChI is InChI=1S/C34H49N5O2/c1-25(2)13-21-38(22-14-26(3)4)32(40)27-9-11-29-30(23-27)39(20-8-19-37-17-6-7-18-37)33(36-29)34(15-16-34)28-10-12-31(41-5)35-24-28/h9-12,23-26H,6-8,13-22H2,1-5H3. The number of rotatable bonds is 14. The van der Waals surface area contributed by atoms with Gasteiger partial charge in [0.25, 0.3) is 5.91 Å². The molecule has 2 aliphatic rings. The molecule has 2 aromatic heterocycles. The van der Waals surface area contributed by atoms with Gasteiger partial charge in [-0.25, -0.2) is 9.97 Å². The molecule has 7 nitrogen and oxygen atoms in total. The molecule has 0 bridgehead atoms. The Kier molecular flexibility index (Phi) is 9.32. The molecule has 0 unspecified atom stereocenters. The van der Waals surface area contributed by atoms with Crippen molar-refractivity contribution in [3.8, 4) is 5.88 Å². The van der Waals surface area contributed by atoms with Crippen molar-refractivity contribution in [3.05, 3.63) is 53.5 Å². The molecule has 0 radical (unpaired) electrons. The maximum atomic E-state index is 13.9. The Morgan fingerprint density at radius 2 is 1.71 bits per heavy atom. The van der Waals surface area contributed by atoms with E-state index in [4.69, 9.17) is 9.72 Å². The third-order valence-corrected chi connectivity index (χ3v) is 8.97. The van der Waals surface area contributed by atoms with Crippen molar-refractivity contribution in [3.63, 3.8) is 0 Å². The van der Waals surface area contributed by atoms with Crippen LogP contribution in [-0.2, 0) is 12.0 Å². The summed E-state index contributed by atoms with van der Waals surface area (Å²) < 4.78 is 7.75. The van der Waals surface area contributed by atoms with E-state index < -0.39 is 0 Å². The highest BCUT2D eigenvalue weighted by Crippen LogP contribution is 2.53. The van der Waals surface area contributed by atoms with Gasteiger partial charge < -0.3 is 19.1 Å². The summed E-state index contributed by atoms with van der Waals surface area (Å²) in [5, 5.41) is 0. The molecule has 0 N–H and O–H groups in total. The highest BCUT2D eigenvalue weighted by molar-refractivity contribution is 5.97. The molecule has 1 aromatic carbocycles. The zero-order valence-corrected chi connectivity index (χ0v) is 25.9. The molecule has 3 aromatic rings. The van der Waals surface area contributed by atoms with E-state index in [0.29, 0.717) is 17.7 Å². The van der Waals surface area contributed by atoms with E-state index in [1.165, 1.54) is 31.5 Å². The minimum Gasteiger partial charge on any atom is -0.481 e. The van der Waals surface area contributed by atoms with Gasteiger partial charge in [0.15, 0.2) is 0 Å². The monoisotopic (exact) mass is 559 g/mol. The van der Waals surface area contributed by atoms with Crippen molar-refractivity contribution in [2.45, 2.75) is 84.6 Å². The van der Waals surface area contributed by atoms with Crippen molar-refractivity contribution in [2.75, 3.05) is 39.8 Å². The third kappa shape index (κ3) is 6.77. The molecule has 222 valence electrons. The number of pyridine rings is 1.